The van der Waals surface area contributed by atoms with Crippen LogP contribution in [-0.4, -0.2) is 58.4 Å². The number of cyclic esters (lactones) is 2. The number of hydrogen-bond acceptors (Lipinski definition) is 10. The lowest BCUT2D eigenvalue weighted by atomic mass is 10.2. The van der Waals surface area contributed by atoms with Crippen LogP contribution in [0.25, 0.3) is 0 Å². The van der Waals surface area contributed by atoms with E-state index < -0.39 is 36.3 Å². The molecule has 2 saturated heterocycles. The van der Waals surface area contributed by atoms with E-state index in [2.05, 4.69) is 9.57 Å². The molecule has 2 amide bonds. The van der Waals surface area contributed by atoms with E-state index in [0.717, 1.165) is 0 Å². The van der Waals surface area contributed by atoms with Crippen molar-refractivity contribution < 1.29 is 55.8 Å². The molecule has 2 heterocycles. The number of ether oxygens (including phenoxy) is 1. The minimum Gasteiger partial charge on any atom is -0.481 e. The zero-order valence-electron chi connectivity index (χ0n) is 18.8. The summed E-state index contributed by atoms with van der Waals surface area (Å²) in [4.78, 5) is 88.2. The quantitative estimate of drug-likeness (QED) is 0.226. The summed E-state index contributed by atoms with van der Waals surface area (Å²) in [5, 5.41) is 8.52. The summed E-state index contributed by atoms with van der Waals surface area (Å²) in [5.74, 6) is -3.51. The minimum absolute atomic E-state index is 0. The first-order valence-electron chi connectivity index (χ1n) is 10.4. The Bertz CT molecular complexity index is 738. The van der Waals surface area contributed by atoms with Gasteiger partial charge in [0, 0.05) is 51.4 Å². The highest BCUT2D eigenvalue weighted by Gasteiger charge is 2.32. The van der Waals surface area contributed by atoms with Crippen molar-refractivity contribution in [1.29, 1.82) is 0 Å². The smallest absolute Gasteiger partial charge is 0.333 e. The molecule has 0 unspecified atom stereocenters. The van der Waals surface area contributed by atoms with Crippen LogP contribution in [-0.2, 0) is 47.9 Å². The fourth-order valence-electron chi connectivity index (χ4n) is 2.03. The maximum Gasteiger partial charge on any atom is 0.333 e. The molecule has 0 saturated carbocycles. The van der Waals surface area contributed by atoms with Crippen molar-refractivity contribution in [3.63, 3.8) is 0 Å². The molecule has 0 aromatic rings. The van der Waals surface area contributed by atoms with Crippen LogP contribution >= 0.6 is 0 Å². The van der Waals surface area contributed by atoms with Gasteiger partial charge in [0.15, 0.2) is 0 Å². The fraction of sp³-hybridized carbons (Fsp3) is 0.600. The number of nitrogens with zero attached hydrogens (tertiary/aromatic N) is 1. The molecule has 0 atom stereocenters. The SMILES string of the molecule is C.O=C1CCCC(=O)O1.[2H]C(=O)CCCC(=O)O.[2H]C(=O)CCCC(=O)ON1C(=O)CCC1=O. The summed E-state index contributed by atoms with van der Waals surface area (Å²) in [7, 11) is 0. The second kappa shape index (κ2) is 18.3. The minimum atomic E-state index is -0.920. The molecular formula is C20H29NO11. The molecule has 1 N–H and O–H groups in total. The first kappa shape index (κ1) is 26.6. The van der Waals surface area contributed by atoms with Gasteiger partial charge in [-0.15, -0.1) is 5.06 Å². The molecular weight excluding hydrogens is 430 g/mol. The summed E-state index contributed by atoms with van der Waals surface area (Å²) >= 11 is 0. The number of esters is 2. The molecule has 2 aliphatic heterocycles. The van der Waals surface area contributed by atoms with Crippen molar-refractivity contribution in [2.45, 2.75) is 78.1 Å². The highest BCUT2D eigenvalue weighted by molar-refractivity contribution is 6.01. The molecule has 0 bridgehead atoms. The van der Waals surface area contributed by atoms with E-state index in [1.54, 1.807) is 0 Å². The lowest BCUT2D eigenvalue weighted by molar-refractivity contribution is -0.197. The number of carboxylic acids is 1. The van der Waals surface area contributed by atoms with Crippen LogP contribution in [0.1, 0.15) is 80.8 Å². The van der Waals surface area contributed by atoms with E-state index in [0.29, 0.717) is 24.3 Å². The number of aliphatic carboxylic acids is 1. The lowest BCUT2D eigenvalue weighted by Crippen LogP contribution is -2.31. The molecule has 0 radical (unpaired) electrons. The molecule has 2 aliphatic rings. The van der Waals surface area contributed by atoms with Crippen LogP contribution in [0, 0.1) is 0 Å². The van der Waals surface area contributed by atoms with Gasteiger partial charge in [-0.05, 0) is 19.3 Å². The number of amides is 2. The predicted octanol–water partition coefficient (Wildman–Crippen LogP) is 1.28. The summed E-state index contributed by atoms with van der Waals surface area (Å²) in [5.41, 5.74) is 0. The number of imide groups is 1. The molecule has 0 aliphatic carbocycles. The summed E-state index contributed by atoms with van der Waals surface area (Å²) in [6.45, 7) is 0. The van der Waals surface area contributed by atoms with Gasteiger partial charge in [-0.1, -0.05) is 7.43 Å². The maximum absolute atomic E-state index is 11.1. The maximum atomic E-state index is 11.1. The average Bonchev–Trinajstić information content (AvgIpc) is 3.00. The third-order valence-electron chi connectivity index (χ3n) is 3.52. The molecule has 0 spiro atoms. The van der Waals surface area contributed by atoms with E-state index >= 15 is 0 Å². The van der Waals surface area contributed by atoms with Crippen molar-refractivity contribution in [2.75, 3.05) is 0 Å². The highest BCUT2D eigenvalue weighted by atomic mass is 16.7. The van der Waals surface area contributed by atoms with Gasteiger partial charge in [-0.2, -0.15) is 0 Å². The summed E-state index contributed by atoms with van der Waals surface area (Å²) in [6.07, 6.45) is 0.423. The number of hydrogen-bond donors (Lipinski definition) is 1. The van der Waals surface area contributed by atoms with Crippen molar-refractivity contribution in [2.24, 2.45) is 0 Å². The van der Waals surface area contributed by atoms with E-state index in [1.807, 2.05) is 0 Å². The number of rotatable bonds is 9. The third-order valence-corrected chi connectivity index (χ3v) is 3.52. The molecule has 12 nitrogen and oxygen atoms in total. The Morgan fingerprint density at radius 1 is 0.938 bits per heavy atom. The predicted molar refractivity (Wildman–Crippen MR) is 106 cm³/mol. The van der Waals surface area contributed by atoms with Gasteiger partial charge in [0.05, 0.1) is 0 Å². The largest absolute Gasteiger partial charge is 0.481 e. The van der Waals surface area contributed by atoms with E-state index in [4.69, 9.17) is 7.85 Å². The first-order chi connectivity index (χ1) is 15.4. The van der Waals surface area contributed by atoms with Crippen LogP contribution in [0.2, 0.25) is 0 Å². The Balaban J connectivity index is 0. The van der Waals surface area contributed by atoms with Crippen molar-refractivity contribution in [3.05, 3.63) is 0 Å². The van der Waals surface area contributed by atoms with Gasteiger partial charge in [-0.3, -0.25) is 24.0 Å². The van der Waals surface area contributed by atoms with E-state index in [9.17, 15) is 38.4 Å². The first-order valence-corrected chi connectivity index (χ1v) is 9.43. The van der Waals surface area contributed by atoms with E-state index in [1.165, 1.54) is 0 Å². The van der Waals surface area contributed by atoms with Crippen molar-refractivity contribution in [3.8, 4) is 0 Å². The monoisotopic (exact) mass is 461 g/mol. The second-order valence-corrected chi connectivity index (χ2v) is 6.13. The number of hydroxylamine groups is 2. The molecule has 2 fully saturated rings. The lowest BCUT2D eigenvalue weighted by Gasteiger charge is -2.11. The Hall–Kier alpha value is -3.44. The average molecular weight is 461 g/mol. The van der Waals surface area contributed by atoms with Gasteiger partial charge in [0.2, 0.25) is 0 Å². The molecule has 180 valence electrons. The number of carbonyl (C=O) groups is 8. The summed E-state index contributed by atoms with van der Waals surface area (Å²) in [6, 6.07) is 0. The van der Waals surface area contributed by atoms with Gasteiger partial charge < -0.3 is 24.3 Å². The summed E-state index contributed by atoms with van der Waals surface area (Å²) < 4.78 is 17.2. The number of carbonyl (C=O) groups excluding carboxylic acids is 7. The van der Waals surface area contributed by atoms with Gasteiger partial charge in [0.25, 0.3) is 11.8 Å². The van der Waals surface area contributed by atoms with Crippen LogP contribution < -0.4 is 0 Å². The number of carboxylic acid groups (broad SMARTS) is 1. The van der Waals surface area contributed by atoms with Crippen LogP contribution in [0.4, 0.5) is 0 Å². The van der Waals surface area contributed by atoms with Crippen LogP contribution in [0.15, 0.2) is 0 Å². The van der Waals surface area contributed by atoms with E-state index in [-0.39, 0.29) is 70.7 Å². The molecule has 32 heavy (non-hydrogen) atoms. The Kier molecular flexibility index (Phi) is 15.2. The zero-order chi connectivity index (χ0) is 25.4. The number of aldehydes is 2. The normalized spacial score (nSPS) is 15.4. The van der Waals surface area contributed by atoms with Gasteiger partial charge in [0.1, 0.15) is 15.3 Å². The Morgan fingerprint density at radius 3 is 1.78 bits per heavy atom. The molecule has 2 rings (SSSR count). The van der Waals surface area contributed by atoms with Gasteiger partial charge >= 0.3 is 23.9 Å². The fourth-order valence-corrected chi connectivity index (χ4v) is 2.03. The molecule has 12 heteroatoms. The van der Waals surface area contributed by atoms with Gasteiger partial charge in [-0.25, -0.2) is 4.79 Å². The zero-order valence-corrected chi connectivity index (χ0v) is 16.8. The van der Waals surface area contributed by atoms with Crippen molar-refractivity contribution in [1.82, 2.24) is 5.06 Å². The van der Waals surface area contributed by atoms with Crippen LogP contribution in [0.3, 0.4) is 0 Å². The van der Waals surface area contributed by atoms with Crippen LogP contribution in [0.5, 0.6) is 0 Å². The standard InChI is InChI=1S/C9H11NO5.C5H6O3.C5H8O3.CH4/c11-6-2-1-3-9(14)15-10-7(12)4-5-8(10)13;6-4-2-1-3-5(7)8-4;6-4-2-1-3-5(7)8;/h6H,1-5H2;1-3H2;4H,1-3H2,(H,7,8);1H4/i6D;;4D;. The topological polar surface area (TPSA) is 178 Å². The third kappa shape index (κ3) is 15.4. The Labute approximate surface area is 188 Å². The highest BCUT2D eigenvalue weighted by Crippen LogP contribution is 2.13. The molecule has 0 aromatic heterocycles. The second-order valence-electron chi connectivity index (χ2n) is 6.13. The Morgan fingerprint density at radius 2 is 1.41 bits per heavy atom. The van der Waals surface area contributed by atoms with Crippen molar-refractivity contribution >= 4 is 48.2 Å². The molecule has 0 aromatic carbocycles.